The number of primary amides is 2. The summed E-state index contributed by atoms with van der Waals surface area (Å²) in [7, 11) is 0. The number of nitrogens with one attached hydrogen (secondary N) is 14. The number of carbonyl (C=O) groups excluding carboxylic acids is 19. The van der Waals surface area contributed by atoms with Gasteiger partial charge in [0.15, 0.2) is 0 Å². The Kier molecular flexibility index (Phi) is 42.1. The number of aromatic hydroxyl groups is 1. The zero-order valence-electron chi connectivity index (χ0n) is 80.4. The van der Waals surface area contributed by atoms with E-state index in [0.717, 1.165) is 37.4 Å². The number of carboxylic acids is 4. The van der Waals surface area contributed by atoms with E-state index in [-0.39, 0.29) is 50.6 Å². The smallest absolute Gasteiger partial charge is 0.305 e. The Balaban J connectivity index is 1.27. The molecule has 48 nitrogen and oxygen atoms in total. The van der Waals surface area contributed by atoms with Crippen molar-refractivity contribution in [2.75, 3.05) is 73.8 Å². The van der Waals surface area contributed by atoms with Gasteiger partial charge in [-0.05, 0) is 85.5 Å². The van der Waals surface area contributed by atoms with Gasteiger partial charge in [-0.25, -0.2) is 0 Å². The van der Waals surface area contributed by atoms with Crippen LogP contribution in [-0.2, 0) is 130 Å². The number of phenolic OH excluding ortho intramolecular Hbond substituents is 1. The number of benzene rings is 4. The van der Waals surface area contributed by atoms with Crippen molar-refractivity contribution in [1.29, 1.82) is 0 Å². The first-order chi connectivity index (χ1) is 67.8. The molecule has 0 aromatic heterocycles. The van der Waals surface area contributed by atoms with Crippen LogP contribution in [0.2, 0.25) is 0 Å². The Morgan fingerprint density at radius 3 is 1.38 bits per heavy atom. The number of phenols is 1. The van der Waals surface area contributed by atoms with Crippen molar-refractivity contribution in [1.82, 2.24) is 89.1 Å². The van der Waals surface area contributed by atoms with Crippen LogP contribution in [0.15, 0.2) is 97.1 Å². The van der Waals surface area contributed by atoms with E-state index in [2.05, 4.69) is 74.4 Å². The molecular formula is C93H124N20O28S3. The molecule has 5 fully saturated rings. The van der Waals surface area contributed by atoms with Crippen LogP contribution in [0.4, 0.5) is 0 Å². The standard InChI is InChI=1S/C93H124N20O28S3/c1-9-111-44-93-45-112-42-92(93,8)43-113(46-93)70(118)41-144-38-66(109-79(130)49(4)97-82(133)60(32-53-20-15-19-52-18-13-14-21-55(52)53)104-80(131)56(26-28-71(119)120)99-85(136)61(33-67(95)115)101-78(129)48(3)98-88(139)65(37-143-40-69(112)117)108-77(128)47(2)94)89(140)100-57(27-29-72(121)122)81(132)105-62(34-73(123)124)86(137)103-58(30-50-16-11-10-12-17-50)83(134)102-59(31-51-22-24-54(114)25-23-51)84(135)106-63(35-74(125)126)87(138)110-75(91(5,6)7)90(141)107-64(76(96)127)36-142-39-68(111)116/h10-25,47-49,56-66,75,114H,9,26-46,94H2,1-8H3,(H2,95,115)(H2,96,127)(H,97,133)(H,98,139)(H,99,136)(H,100,140)(H,101,129)(H,102,134)(H,103,137)(H,104,131)(H,105,132)(H,106,135)(H,107,141)(H,108,128)(H,109,130)(H,110,138)(H,119,120)(H,121,122)(H,123,124)(H,125,126)/t47-,48+,49+,56-,57-,58-,59-,60-,61-,62-,63-,64-,65-,66-,75+,92?,93?/m0/s1. The molecule has 51 heteroatoms. The lowest BCUT2D eigenvalue weighted by atomic mass is 9.69. The average Bonchev–Trinajstić information content (AvgIpc) is 1.55. The van der Waals surface area contributed by atoms with Gasteiger partial charge in [-0.15, -0.1) is 35.3 Å². The Morgan fingerprint density at radius 1 is 0.444 bits per heavy atom. The highest BCUT2D eigenvalue weighted by Gasteiger charge is 2.63. The van der Waals surface area contributed by atoms with Gasteiger partial charge in [0.25, 0.3) is 0 Å². The predicted molar refractivity (Wildman–Crippen MR) is 520 cm³/mol. The normalized spacial score (nSPS) is 26.5. The highest BCUT2D eigenvalue weighted by Crippen LogP contribution is 2.53. The number of amides is 19. The molecule has 144 heavy (non-hydrogen) atoms. The number of hydrogen-bond acceptors (Lipinski definition) is 28. The molecule has 0 aliphatic carbocycles. The van der Waals surface area contributed by atoms with E-state index in [9.17, 15) is 107 Å². The topological polar surface area (TPSA) is 750 Å². The van der Waals surface area contributed by atoms with Crippen molar-refractivity contribution in [3.05, 3.63) is 114 Å². The maximum Gasteiger partial charge on any atom is 0.305 e. The van der Waals surface area contributed by atoms with Crippen LogP contribution in [0.5, 0.6) is 5.75 Å². The van der Waals surface area contributed by atoms with Crippen LogP contribution < -0.4 is 91.6 Å². The maximum absolute atomic E-state index is 15.4. The number of hydrogen-bond donors (Lipinski definition) is 22. The van der Waals surface area contributed by atoms with Gasteiger partial charge in [-0.3, -0.25) is 110 Å². The Labute approximate surface area is 839 Å². The Bertz CT molecular complexity index is 5480. The van der Waals surface area contributed by atoms with Crippen LogP contribution in [0.25, 0.3) is 10.8 Å². The molecule has 0 radical (unpaired) electrons. The zero-order valence-corrected chi connectivity index (χ0v) is 82.8. The minimum absolute atomic E-state index is 0.0480. The van der Waals surface area contributed by atoms with Crippen molar-refractivity contribution >= 4 is 182 Å². The molecule has 17 atom stereocenters. The van der Waals surface area contributed by atoms with Crippen LogP contribution in [0.3, 0.4) is 0 Å². The molecule has 5 aliphatic heterocycles. The molecule has 782 valence electrons. The highest BCUT2D eigenvalue weighted by molar-refractivity contribution is 8.00. The van der Waals surface area contributed by atoms with Crippen molar-refractivity contribution < 1.29 is 136 Å². The fourth-order valence-corrected chi connectivity index (χ4v) is 19.4. The van der Waals surface area contributed by atoms with Gasteiger partial charge in [-0.2, -0.15) is 0 Å². The lowest BCUT2D eigenvalue weighted by Gasteiger charge is -2.39. The average molecular weight is 2070 g/mol. The second-order valence-electron chi connectivity index (χ2n) is 37.1. The quantitative estimate of drug-likeness (QED) is 0.0327. The summed E-state index contributed by atoms with van der Waals surface area (Å²) in [5.41, 5.74) is 14.5. The summed E-state index contributed by atoms with van der Waals surface area (Å²) in [5, 5.41) is 86.0. The largest absolute Gasteiger partial charge is 0.508 e. The van der Waals surface area contributed by atoms with E-state index >= 15 is 28.8 Å². The van der Waals surface area contributed by atoms with Gasteiger partial charge in [0.1, 0.15) is 90.3 Å². The number of rotatable bonds is 22. The van der Waals surface area contributed by atoms with Gasteiger partial charge in [0, 0.05) is 99.5 Å². The SMILES string of the molecule is CCN1CC23CN4CC2(C)CN(C3)C(=O)CSC[C@H](NC(=O)[C@@H](C)NC(=O)[C@H](Cc2cccc3ccccc23)NC(=O)[C@H](CCC(=O)O)NC(=O)[C@H](CC(N)=O)NC(=O)[C@@H](C)NC(=O)[C@@H](NC(=O)[C@H](C)N)CSCC4=O)C(=O)N[C@@H](CCC(=O)O)C(=O)N[C@@H](CC(=O)O)C(=O)N[C@@H](Cc2ccccc2)C(=O)N[C@@H](Cc2ccc(O)cc2)C(=O)N[C@@H](CC(=O)O)C(=O)N[C@@H](C(C)(C)C)C(=O)N[C@H](C(N)=O)CSCC1=O. The molecule has 1 spiro atoms. The van der Waals surface area contributed by atoms with Crippen molar-refractivity contribution in [2.45, 2.75) is 210 Å². The van der Waals surface area contributed by atoms with E-state index in [1.54, 1.807) is 62.4 Å². The molecule has 0 saturated carbocycles. The number of nitrogens with zero attached hydrogens (tertiary/aromatic N) is 3. The molecule has 4 aromatic carbocycles. The Hall–Kier alpha value is -14.2. The van der Waals surface area contributed by atoms with Gasteiger partial charge in [-0.1, -0.05) is 113 Å². The maximum atomic E-state index is 15.4. The molecule has 25 N–H and O–H groups in total. The third-order valence-electron chi connectivity index (χ3n) is 24.6. The van der Waals surface area contributed by atoms with Crippen LogP contribution in [0.1, 0.15) is 117 Å². The first kappa shape index (κ1) is 115. The summed E-state index contributed by atoms with van der Waals surface area (Å²) in [6.45, 7) is 10.4. The van der Waals surface area contributed by atoms with Gasteiger partial charge in [0.05, 0.1) is 42.6 Å². The van der Waals surface area contributed by atoms with Crippen molar-refractivity contribution in [3.8, 4) is 5.75 Å². The molecule has 5 heterocycles. The van der Waals surface area contributed by atoms with Crippen LogP contribution in [0, 0.1) is 16.2 Å². The summed E-state index contributed by atoms with van der Waals surface area (Å²) in [5.74, 6) is -31.3. The van der Waals surface area contributed by atoms with Gasteiger partial charge >= 0.3 is 23.9 Å². The molecule has 9 rings (SSSR count). The Morgan fingerprint density at radius 2 is 0.868 bits per heavy atom. The second-order valence-corrected chi connectivity index (χ2v) is 40.2. The fraction of sp³-hybridized carbons (Fsp3) is 0.516. The number of nitrogens with two attached hydrogens (primary N) is 3. The fourth-order valence-electron chi connectivity index (χ4n) is 16.5. The monoisotopic (exact) mass is 2060 g/mol. The number of carbonyl (C=O) groups is 23. The number of aliphatic carboxylic acids is 4. The van der Waals surface area contributed by atoms with Crippen molar-refractivity contribution in [2.24, 2.45) is 33.4 Å². The molecule has 2 unspecified atom stereocenters. The highest BCUT2D eigenvalue weighted by atomic mass is 32.2. The first-order valence-electron chi connectivity index (χ1n) is 46.1. The second kappa shape index (κ2) is 52.7. The molecule has 19 amide bonds. The first-order valence-corrected chi connectivity index (χ1v) is 49.5. The van der Waals surface area contributed by atoms with E-state index < -0.39 is 342 Å². The van der Waals surface area contributed by atoms with Gasteiger partial charge in [0.2, 0.25) is 112 Å². The zero-order chi connectivity index (χ0) is 107. The van der Waals surface area contributed by atoms with Crippen LogP contribution >= 0.6 is 35.3 Å². The predicted octanol–water partition coefficient (Wildman–Crippen LogP) is -5.41. The summed E-state index contributed by atoms with van der Waals surface area (Å²) < 4.78 is 0. The molecule has 4 aromatic rings. The minimum atomic E-state index is -2.28. The summed E-state index contributed by atoms with van der Waals surface area (Å²) >= 11 is 2.36. The number of thioether (sulfide) groups is 3. The lowest BCUT2D eigenvalue weighted by Crippen LogP contribution is -2.62. The lowest BCUT2D eigenvalue weighted by molar-refractivity contribution is -0.142. The molecule has 5 saturated heterocycles. The summed E-state index contributed by atoms with van der Waals surface area (Å²) in [6, 6.07) is -3.34. The minimum Gasteiger partial charge on any atom is -0.508 e. The number of carboxylic acid groups (broad SMARTS) is 4. The third kappa shape index (κ3) is 33.7. The summed E-state index contributed by atoms with van der Waals surface area (Å²) in [6.07, 6.45) is -8.48. The molecule has 5 bridgehead atoms. The third-order valence-corrected chi connectivity index (χ3v) is 27.6. The molecular weight excluding hydrogens is 1940 g/mol. The molecule has 5 aliphatic rings. The van der Waals surface area contributed by atoms with E-state index in [0.29, 0.717) is 33.7 Å². The number of fused-ring (bicyclic) bond motifs is 22. The summed E-state index contributed by atoms with van der Waals surface area (Å²) in [4.78, 5) is 332. The van der Waals surface area contributed by atoms with E-state index in [1.807, 2.05) is 0 Å². The van der Waals surface area contributed by atoms with E-state index in [1.165, 1.54) is 90.9 Å². The van der Waals surface area contributed by atoms with E-state index in [4.69, 9.17) is 17.2 Å². The van der Waals surface area contributed by atoms with Gasteiger partial charge < -0.3 is 132 Å². The van der Waals surface area contributed by atoms with Crippen LogP contribution in [-0.4, -0.2) is 341 Å². The van der Waals surface area contributed by atoms with Crippen molar-refractivity contribution in [3.63, 3.8) is 0 Å².